The average molecular weight is 430 g/mol. The number of alkyl halides is 6. The molecular formula is C16H13F7N2O2S. The Bertz CT molecular complexity index is 863. The molecule has 154 valence electrons. The lowest BCUT2D eigenvalue weighted by Gasteiger charge is -2.28. The number of carbonyl (C=O) groups is 1. The summed E-state index contributed by atoms with van der Waals surface area (Å²) in [6, 6.07) is 1.70. The van der Waals surface area contributed by atoms with Crippen LogP contribution in [0, 0.1) is 12.7 Å². The molecule has 0 aliphatic carbocycles. The standard InChI is InChI=1S/C16H13F7N2O2S/c1-8-7-28-13(25-8)14(27,16(21,22)23)5-12(26)24-6-9-2-3-10(17)4-11(9)15(18,19)20/h2-4,7,27H,5-6H2,1H3,(H,24,26). The highest BCUT2D eigenvalue weighted by molar-refractivity contribution is 7.09. The highest BCUT2D eigenvalue weighted by Gasteiger charge is 2.58. The number of thiazole rings is 1. The van der Waals surface area contributed by atoms with E-state index in [1.54, 1.807) is 0 Å². The maximum Gasteiger partial charge on any atom is 0.424 e. The van der Waals surface area contributed by atoms with Gasteiger partial charge in [0, 0.05) is 17.6 Å². The van der Waals surface area contributed by atoms with Gasteiger partial charge in [0.1, 0.15) is 10.8 Å². The van der Waals surface area contributed by atoms with Crippen LogP contribution in [0.4, 0.5) is 30.7 Å². The molecule has 1 heterocycles. The second kappa shape index (κ2) is 7.66. The number of halogens is 7. The van der Waals surface area contributed by atoms with E-state index < -0.39 is 58.8 Å². The normalized spacial score (nSPS) is 14.6. The smallest absolute Gasteiger partial charge is 0.374 e. The molecule has 1 amide bonds. The molecular weight excluding hydrogens is 417 g/mol. The molecule has 12 heteroatoms. The van der Waals surface area contributed by atoms with Gasteiger partial charge >= 0.3 is 12.4 Å². The molecule has 0 aliphatic rings. The number of benzene rings is 1. The van der Waals surface area contributed by atoms with Crippen LogP contribution in [0.15, 0.2) is 23.6 Å². The van der Waals surface area contributed by atoms with Gasteiger partial charge in [-0.15, -0.1) is 11.3 Å². The fourth-order valence-electron chi connectivity index (χ4n) is 2.30. The molecule has 4 nitrogen and oxygen atoms in total. The summed E-state index contributed by atoms with van der Waals surface area (Å²) in [6.07, 6.45) is -11.7. The SMILES string of the molecule is Cc1csc(C(O)(CC(=O)NCc2ccc(F)cc2C(F)(F)F)C(F)(F)F)n1. The van der Waals surface area contributed by atoms with E-state index in [2.05, 4.69) is 4.98 Å². The number of carbonyl (C=O) groups excluding carboxylic acids is 1. The summed E-state index contributed by atoms with van der Waals surface area (Å²) >= 11 is 0.496. The van der Waals surface area contributed by atoms with Crippen LogP contribution in [0.2, 0.25) is 0 Å². The van der Waals surface area contributed by atoms with E-state index in [0.29, 0.717) is 11.3 Å². The second-order valence-electron chi connectivity index (χ2n) is 5.90. The Morgan fingerprint density at radius 3 is 2.36 bits per heavy atom. The van der Waals surface area contributed by atoms with E-state index in [4.69, 9.17) is 0 Å². The van der Waals surface area contributed by atoms with Crippen LogP contribution in [0.5, 0.6) is 0 Å². The number of nitrogens with zero attached hydrogens (tertiary/aromatic N) is 1. The van der Waals surface area contributed by atoms with E-state index in [1.807, 2.05) is 5.32 Å². The molecule has 0 bridgehead atoms. The van der Waals surface area contributed by atoms with E-state index >= 15 is 0 Å². The Balaban J connectivity index is 2.19. The lowest BCUT2D eigenvalue weighted by Crippen LogP contribution is -2.46. The number of hydrogen-bond acceptors (Lipinski definition) is 4. The van der Waals surface area contributed by atoms with Crippen LogP contribution in [0.1, 0.15) is 28.2 Å². The Hall–Kier alpha value is -2.21. The number of aromatic nitrogens is 1. The maximum atomic E-state index is 13.3. The zero-order chi connectivity index (χ0) is 21.3. The molecule has 0 radical (unpaired) electrons. The van der Waals surface area contributed by atoms with Gasteiger partial charge in [-0.1, -0.05) is 6.07 Å². The third-order valence-corrected chi connectivity index (χ3v) is 4.82. The van der Waals surface area contributed by atoms with Gasteiger partial charge in [-0.25, -0.2) is 9.37 Å². The molecule has 0 saturated carbocycles. The Morgan fingerprint density at radius 2 is 1.86 bits per heavy atom. The molecule has 1 atom stereocenters. The summed E-state index contributed by atoms with van der Waals surface area (Å²) in [5.74, 6) is -2.52. The van der Waals surface area contributed by atoms with Gasteiger partial charge in [0.05, 0.1) is 12.0 Å². The monoisotopic (exact) mass is 430 g/mol. The second-order valence-corrected chi connectivity index (χ2v) is 6.76. The molecule has 0 fully saturated rings. The average Bonchev–Trinajstić information content (AvgIpc) is 2.98. The van der Waals surface area contributed by atoms with Gasteiger partial charge in [0.2, 0.25) is 11.5 Å². The van der Waals surface area contributed by atoms with Crippen LogP contribution in [0.25, 0.3) is 0 Å². The van der Waals surface area contributed by atoms with Gasteiger partial charge in [-0.05, 0) is 24.6 Å². The molecule has 2 aromatic rings. The van der Waals surface area contributed by atoms with Crippen LogP contribution in [0.3, 0.4) is 0 Å². The first-order valence-electron chi connectivity index (χ1n) is 7.58. The lowest BCUT2D eigenvalue weighted by atomic mass is 9.99. The topological polar surface area (TPSA) is 62.2 Å². The minimum Gasteiger partial charge on any atom is -0.374 e. The van der Waals surface area contributed by atoms with Crippen molar-refractivity contribution in [1.82, 2.24) is 10.3 Å². The molecule has 1 aromatic carbocycles. The number of aliphatic hydroxyl groups is 1. The quantitative estimate of drug-likeness (QED) is 0.704. The van der Waals surface area contributed by atoms with Crippen molar-refractivity contribution in [3.05, 3.63) is 51.2 Å². The van der Waals surface area contributed by atoms with Crippen molar-refractivity contribution in [3.63, 3.8) is 0 Å². The van der Waals surface area contributed by atoms with E-state index in [0.717, 1.165) is 12.1 Å². The molecule has 1 unspecified atom stereocenters. The fourth-order valence-corrected chi connectivity index (χ4v) is 3.21. The first-order chi connectivity index (χ1) is 12.7. The predicted octanol–water partition coefficient (Wildman–Crippen LogP) is 4.07. The van der Waals surface area contributed by atoms with E-state index in [-0.39, 0.29) is 11.8 Å². The molecule has 0 aliphatic heterocycles. The maximum absolute atomic E-state index is 13.3. The third kappa shape index (κ3) is 4.79. The fraction of sp³-hybridized carbons (Fsp3) is 0.375. The van der Waals surface area contributed by atoms with Crippen molar-refractivity contribution >= 4 is 17.2 Å². The highest BCUT2D eigenvalue weighted by Crippen LogP contribution is 2.42. The van der Waals surface area contributed by atoms with Crippen LogP contribution in [-0.2, 0) is 23.1 Å². The minimum atomic E-state index is -5.25. The van der Waals surface area contributed by atoms with Crippen molar-refractivity contribution in [3.8, 4) is 0 Å². The van der Waals surface area contributed by atoms with Gasteiger partial charge in [0.25, 0.3) is 0 Å². The van der Waals surface area contributed by atoms with E-state index in [1.165, 1.54) is 12.3 Å². The first kappa shape index (κ1) is 22.1. The minimum absolute atomic E-state index is 0.198. The van der Waals surface area contributed by atoms with Crippen molar-refractivity contribution in [2.24, 2.45) is 0 Å². The van der Waals surface area contributed by atoms with Crippen molar-refractivity contribution in [2.75, 3.05) is 0 Å². The molecule has 2 rings (SSSR count). The zero-order valence-electron chi connectivity index (χ0n) is 14.1. The number of nitrogens with one attached hydrogen (secondary N) is 1. The van der Waals surface area contributed by atoms with Crippen molar-refractivity contribution in [1.29, 1.82) is 0 Å². The Morgan fingerprint density at radius 1 is 1.21 bits per heavy atom. The Labute approximate surface area is 158 Å². The molecule has 1 aromatic heterocycles. The molecule has 2 N–H and O–H groups in total. The number of rotatable bonds is 5. The summed E-state index contributed by atoms with van der Waals surface area (Å²) in [7, 11) is 0. The van der Waals surface area contributed by atoms with E-state index in [9.17, 15) is 40.6 Å². The Kier molecular flexibility index (Phi) is 6.04. The summed E-state index contributed by atoms with van der Waals surface area (Å²) < 4.78 is 91.9. The summed E-state index contributed by atoms with van der Waals surface area (Å²) in [4.78, 5) is 15.5. The molecule has 0 spiro atoms. The predicted molar refractivity (Wildman–Crippen MR) is 84.7 cm³/mol. The lowest BCUT2D eigenvalue weighted by molar-refractivity contribution is -0.267. The number of hydrogen-bond donors (Lipinski definition) is 2. The molecule has 28 heavy (non-hydrogen) atoms. The van der Waals surface area contributed by atoms with Gasteiger partial charge < -0.3 is 10.4 Å². The van der Waals surface area contributed by atoms with Gasteiger partial charge in [-0.2, -0.15) is 26.3 Å². The van der Waals surface area contributed by atoms with Gasteiger partial charge in [-0.3, -0.25) is 4.79 Å². The zero-order valence-corrected chi connectivity index (χ0v) is 14.9. The van der Waals surface area contributed by atoms with Crippen LogP contribution in [-0.4, -0.2) is 22.2 Å². The summed E-state index contributed by atoms with van der Waals surface area (Å²) in [5, 5.41) is 12.4. The first-order valence-corrected chi connectivity index (χ1v) is 8.46. The van der Waals surface area contributed by atoms with Gasteiger partial charge in [0.15, 0.2) is 0 Å². The summed E-state index contributed by atoms with van der Waals surface area (Å²) in [6.45, 7) is 0.586. The van der Waals surface area contributed by atoms with Crippen LogP contribution < -0.4 is 5.32 Å². The summed E-state index contributed by atoms with van der Waals surface area (Å²) in [5.41, 5.74) is -5.30. The highest BCUT2D eigenvalue weighted by atomic mass is 32.1. The van der Waals surface area contributed by atoms with Crippen LogP contribution >= 0.6 is 11.3 Å². The largest absolute Gasteiger partial charge is 0.424 e. The number of aryl methyl sites for hydroxylation is 1. The molecule has 0 saturated heterocycles. The third-order valence-electron chi connectivity index (χ3n) is 3.71. The van der Waals surface area contributed by atoms with Crippen molar-refractivity contribution < 1.29 is 40.6 Å². The number of amides is 1. The van der Waals surface area contributed by atoms with Crippen molar-refractivity contribution in [2.45, 2.75) is 37.8 Å².